The summed E-state index contributed by atoms with van der Waals surface area (Å²) in [7, 11) is 0. The molecule has 0 spiro atoms. The molecule has 1 N–H and O–H groups in total. The number of anilines is 1. The number of hydrogen-bond donors (Lipinski definition) is 1. The molecule has 1 aliphatic rings. The van der Waals surface area contributed by atoms with Gasteiger partial charge in [0.1, 0.15) is 5.82 Å². The normalized spacial score (nSPS) is 16.6. The lowest BCUT2D eigenvalue weighted by atomic mass is 10.1. The zero-order valence-electron chi connectivity index (χ0n) is 8.75. The van der Waals surface area contributed by atoms with Crippen LogP contribution in [0.4, 0.5) is 14.5 Å². The molecule has 0 amide bonds. The van der Waals surface area contributed by atoms with Crippen LogP contribution in [-0.2, 0) is 11.3 Å². The monoisotopic (exact) mass is 229 g/mol. The molecule has 0 saturated carbocycles. The van der Waals surface area contributed by atoms with E-state index in [1.165, 1.54) is 12.1 Å². The van der Waals surface area contributed by atoms with Crippen molar-refractivity contribution in [2.75, 3.05) is 31.2 Å². The van der Waals surface area contributed by atoms with Crippen molar-refractivity contribution in [2.24, 2.45) is 0 Å². The van der Waals surface area contributed by atoms with Crippen molar-refractivity contribution in [1.29, 1.82) is 0 Å². The van der Waals surface area contributed by atoms with Gasteiger partial charge in [0, 0.05) is 13.1 Å². The summed E-state index contributed by atoms with van der Waals surface area (Å²) in [5.41, 5.74) is 0.0535. The van der Waals surface area contributed by atoms with Gasteiger partial charge in [0.25, 0.3) is 0 Å². The number of morpholine rings is 1. The summed E-state index contributed by atoms with van der Waals surface area (Å²) in [6.07, 6.45) is 0. The van der Waals surface area contributed by atoms with E-state index in [1.54, 1.807) is 4.90 Å². The van der Waals surface area contributed by atoms with Crippen molar-refractivity contribution in [3.05, 3.63) is 29.3 Å². The van der Waals surface area contributed by atoms with Crippen molar-refractivity contribution < 1.29 is 18.6 Å². The number of nitrogens with zero attached hydrogens (tertiary/aromatic N) is 1. The second kappa shape index (κ2) is 4.76. The van der Waals surface area contributed by atoms with E-state index in [2.05, 4.69) is 0 Å². The number of aliphatic hydroxyl groups excluding tert-OH is 1. The third-order valence-corrected chi connectivity index (χ3v) is 2.68. The van der Waals surface area contributed by atoms with Crippen LogP contribution in [0.2, 0.25) is 0 Å². The molecule has 1 aliphatic heterocycles. The number of hydrogen-bond acceptors (Lipinski definition) is 3. The lowest BCUT2D eigenvalue weighted by Crippen LogP contribution is -2.37. The van der Waals surface area contributed by atoms with Gasteiger partial charge in [-0.05, 0) is 12.1 Å². The van der Waals surface area contributed by atoms with Gasteiger partial charge in [0.15, 0.2) is 5.82 Å². The van der Waals surface area contributed by atoms with Crippen LogP contribution in [0.15, 0.2) is 12.1 Å². The molecule has 1 saturated heterocycles. The van der Waals surface area contributed by atoms with E-state index in [0.29, 0.717) is 32.0 Å². The van der Waals surface area contributed by atoms with Crippen LogP contribution in [0.3, 0.4) is 0 Å². The van der Waals surface area contributed by atoms with Crippen LogP contribution >= 0.6 is 0 Å². The molecule has 0 radical (unpaired) electrons. The third-order valence-electron chi connectivity index (χ3n) is 2.68. The Morgan fingerprint density at radius 3 is 2.56 bits per heavy atom. The number of benzene rings is 1. The minimum absolute atomic E-state index is 0.274. The van der Waals surface area contributed by atoms with Gasteiger partial charge >= 0.3 is 0 Å². The number of aliphatic hydroxyl groups is 1. The third kappa shape index (κ3) is 2.01. The number of halogens is 2. The van der Waals surface area contributed by atoms with Crippen LogP contribution < -0.4 is 4.90 Å². The van der Waals surface area contributed by atoms with Crippen molar-refractivity contribution in [2.45, 2.75) is 6.61 Å². The van der Waals surface area contributed by atoms with E-state index in [9.17, 15) is 8.78 Å². The highest BCUT2D eigenvalue weighted by atomic mass is 19.1. The van der Waals surface area contributed by atoms with Gasteiger partial charge in [0.05, 0.1) is 31.1 Å². The van der Waals surface area contributed by atoms with E-state index >= 15 is 0 Å². The second-order valence-electron chi connectivity index (χ2n) is 3.62. The van der Waals surface area contributed by atoms with E-state index in [0.717, 1.165) is 0 Å². The topological polar surface area (TPSA) is 32.7 Å². The minimum Gasteiger partial charge on any atom is -0.391 e. The molecule has 1 heterocycles. The first-order valence-corrected chi connectivity index (χ1v) is 5.14. The molecule has 0 aromatic heterocycles. The van der Waals surface area contributed by atoms with Gasteiger partial charge in [0.2, 0.25) is 0 Å². The molecule has 0 atom stereocenters. The van der Waals surface area contributed by atoms with Gasteiger partial charge in [-0.3, -0.25) is 0 Å². The SMILES string of the molecule is OCc1c(F)ccc(N2CCOCC2)c1F. The highest BCUT2D eigenvalue weighted by Gasteiger charge is 2.19. The quantitative estimate of drug-likeness (QED) is 0.829. The second-order valence-corrected chi connectivity index (χ2v) is 3.62. The fourth-order valence-electron chi connectivity index (χ4n) is 1.78. The Labute approximate surface area is 92.2 Å². The highest BCUT2D eigenvalue weighted by Crippen LogP contribution is 2.25. The fourth-order valence-corrected chi connectivity index (χ4v) is 1.78. The summed E-state index contributed by atoms with van der Waals surface area (Å²) in [5, 5.41) is 8.90. The molecule has 1 aromatic carbocycles. The molecule has 16 heavy (non-hydrogen) atoms. The Morgan fingerprint density at radius 1 is 1.25 bits per heavy atom. The first-order chi connectivity index (χ1) is 7.74. The zero-order chi connectivity index (χ0) is 11.5. The largest absolute Gasteiger partial charge is 0.391 e. The summed E-state index contributed by atoms with van der Waals surface area (Å²) in [6.45, 7) is 1.59. The van der Waals surface area contributed by atoms with Crippen LogP contribution in [-0.4, -0.2) is 31.4 Å². The summed E-state index contributed by atoms with van der Waals surface area (Å²) in [5.74, 6) is -1.39. The number of ether oxygens (including phenoxy) is 1. The van der Waals surface area contributed by atoms with Gasteiger partial charge in [-0.15, -0.1) is 0 Å². The summed E-state index contributed by atoms with van der Waals surface area (Å²) in [4.78, 5) is 1.79. The Bertz CT molecular complexity index is 378. The van der Waals surface area contributed by atoms with Gasteiger partial charge in [-0.2, -0.15) is 0 Å². The van der Waals surface area contributed by atoms with Gasteiger partial charge in [-0.25, -0.2) is 8.78 Å². The molecule has 1 aromatic rings. The van der Waals surface area contributed by atoms with Crippen molar-refractivity contribution in [3.8, 4) is 0 Å². The predicted octanol–water partition coefficient (Wildman–Crippen LogP) is 1.29. The van der Waals surface area contributed by atoms with Crippen LogP contribution in [0.1, 0.15) is 5.56 Å². The Hall–Kier alpha value is -1.20. The van der Waals surface area contributed by atoms with Crippen LogP contribution in [0, 0.1) is 11.6 Å². The Balaban J connectivity index is 2.33. The molecule has 0 bridgehead atoms. The molecule has 0 aliphatic carbocycles. The molecule has 5 heteroatoms. The maximum absolute atomic E-state index is 13.8. The molecule has 3 nitrogen and oxygen atoms in total. The smallest absolute Gasteiger partial charge is 0.154 e. The van der Waals surface area contributed by atoms with Gasteiger partial charge in [-0.1, -0.05) is 0 Å². The Morgan fingerprint density at radius 2 is 1.94 bits per heavy atom. The maximum atomic E-state index is 13.8. The van der Waals surface area contributed by atoms with Gasteiger partial charge < -0.3 is 14.7 Å². The minimum atomic E-state index is -0.711. The van der Waals surface area contributed by atoms with E-state index in [4.69, 9.17) is 9.84 Å². The highest BCUT2D eigenvalue weighted by molar-refractivity contribution is 5.51. The standard InChI is InChI=1S/C11H13F2NO2/c12-9-1-2-10(11(13)8(9)7-15)14-3-5-16-6-4-14/h1-2,15H,3-7H2. The van der Waals surface area contributed by atoms with Crippen molar-refractivity contribution in [3.63, 3.8) is 0 Å². The predicted molar refractivity (Wildman–Crippen MR) is 55.3 cm³/mol. The molecular weight excluding hydrogens is 216 g/mol. The van der Waals surface area contributed by atoms with E-state index in [-0.39, 0.29) is 5.56 Å². The average Bonchev–Trinajstić information content (AvgIpc) is 2.31. The van der Waals surface area contributed by atoms with E-state index < -0.39 is 18.2 Å². The summed E-state index contributed by atoms with van der Waals surface area (Å²) >= 11 is 0. The maximum Gasteiger partial charge on any atom is 0.154 e. The lowest BCUT2D eigenvalue weighted by Gasteiger charge is -2.29. The molecule has 2 rings (SSSR count). The van der Waals surface area contributed by atoms with Crippen LogP contribution in [0.25, 0.3) is 0 Å². The molecular formula is C11H13F2NO2. The fraction of sp³-hybridized carbons (Fsp3) is 0.455. The molecule has 1 fully saturated rings. The summed E-state index contributed by atoms with van der Waals surface area (Å²) in [6, 6.07) is 2.58. The average molecular weight is 229 g/mol. The van der Waals surface area contributed by atoms with E-state index in [1.807, 2.05) is 0 Å². The lowest BCUT2D eigenvalue weighted by molar-refractivity contribution is 0.122. The van der Waals surface area contributed by atoms with Crippen molar-refractivity contribution >= 4 is 5.69 Å². The van der Waals surface area contributed by atoms with Crippen molar-refractivity contribution in [1.82, 2.24) is 0 Å². The molecule has 88 valence electrons. The Kier molecular flexibility index (Phi) is 3.36. The van der Waals surface area contributed by atoms with Crippen LogP contribution in [0.5, 0.6) is 0 Å². The first-order valence-electron chi connectivity index (χ1n) is 5.14. The number of rotatable bonds is 2. The first kappa shape index (κ1) is 11.3. The summed E-state index contributed by atoms with van der Waals surface area (Å²) < 4.78 is 32.1. The zero-order valence-corrected chi connectivity index (χ0v) is 8.75. The molecule has 0 unspecified atom stereocenters.